The molecule has 1 N–H and O–H groups in total. The van der Waals surface area contributed by atoms with Gasteiger partial charge < -0.3 is 14.8 Å². The first-order valence-corrected chi connectivity index (χ1v) is 11.0. The van der Waals surface area contributed by atoms with Crippen molar-refractivity contribution in [1.29, 1.82) is 0 Å². The average molecular weight is 436 g/mol. The van der Waals surface area contributed by atoms with Crippen molar-refractivity contribution in [2.45, 2.75) is 50.9 Å². The van der Waals surface area contributed by atoms with E-state index in [1.165, 1.54) is 12.1 Å². The van der Waals surface area contributed by atoms with Crippen LogP contribution >= 0.6 is 0 Å². The normalized spacial score (nSPS) is 12.9. The lowest BCUT2D eigenvalue weighted by molar-refractivity contribution is 0.0330. The van der Waals surface area contributed by atoms with Gasteiger partial charge in [0, 0.05) is 0 Å². The van der Waals surface area contributed by atoms with E-state index in [0.29, 0.717) is 0 Å². The molecule has 1 unspecified atom stereocenters. The van der Waals surface area contributed by atoms with E-state index in [1.54, 1.807) is 32.9 Å². The van der Waals surface area contributed by atoms with Crippen LogP contribution in [0.25, 0.3) is 0 Å². The van der Waals surface area contributed by atoms with Crippen molar-refractivity contribution >= 4 is 16.2 Å². The molecule has 0 saturated heterocycles. The molecule has 0 fully saturated rings. The van der Waals surface area contributed by atoms with Gasteiger partial charge in [-0.1, -0.05) is 48.0 Å². The standard InChI is InChI=1S/C22H29NO6S/c1-17-10-12-20(13-11-17)30(25,26)29-19(14-23-21(24)28-22(2,3)4)16-27-15-18-8-6-5-7-9-18/h5-13,19H,14-16H2,1-4H3,(H,23,24). The van der Waals surface area contributed by atoms with E-state index in [2.05, 4.69) is 5.32 Å². The van der Waals surface area contributed by atoms with Gasteiger partial charge in [-0.3, -0.25) is 4.18 Å². The summed E-state index contributed by atoms with van der Waals surface area (Å²) in [5, 5.41) is 2.54. The molecule has 0 spiro atoms. The number of nitrogens with one attached hydrogen (secondary N) is 1. The van der Waals surface area contributed by atoms with Gasteiger partial charge in [-0.2, -0.15) is 8.42 Å². The second kappa shape index (κ2) is 10.6. The summed E-state index contributed by atoms with van der Waals surface area (Å²) >= 11 is 0. The van der Waals surface area contributed by atoms with E-state index in [9.17, 15) is 13.2 Å². The van der Waals surface area contributed by atoms with Gasteiger partial charge in [-0.05, 0) is 45.4 Å². The summed E-state index contributed by atoms with van der Waals surface area (Å²) in [6.45, 7) is 7.26. The van der Waals surface area contributed by atoms with Crippen LogP contribution < -0.4 is 5.32 Å². The molecule has 1 atom stereocenters. The van der Waals surface area contributed by atoms with Crippen molar-refractivity contribution in [2.24, 2.45) is 0 Å². The molecule has 0 saturated carbocycles. The number of alkyl carbamates (subject to hydrolysis) is 1. The van der Waals surface area contributed by atoms with Crippen molar-refractivity contribution < 1.29 is 26.9 Å². The van der Waals surface area contributed by atoms with Crippen molar-refractivity contribution in [3.05, 3.63) is 65.7 Å². The number of aryl methyl sites for hydroxylation is 1. The van der Waals surface area contributed by atoms with E-state index in [-0.39, 0.29) is 24.7 Å². The van der Waals surface area contributed by atoms with Gasteiger partial charge in [-0.15, -0.1) is 0 Å². The molecule has 0 aliphatic heterocycles. The molecule has 8 heteroatoms. The predicted octanol–water partition coefficient (Wildman–Crippen LogP) is 3.81. The number of hydrogen-bond donors (Lipinski definition) is 1. The Morgan fingerprint density at radius 1 is 1.03 bits per heavy atom. The Labute approximate surface area is 178 Å². The quantitative estimate of drug-likeness (QED) is 0.603. The first-order valence-electron chi connectivity index (χ1n) is 9.64. The van der Waals surface area contributed by atoms with Crippen LogP contribution in [0.2, 0.25) is 0 Å². The van der Waals surface area contributed by atoms with Gasteiger partial charge in [0.05, 0.1) is 24.7 Å². The third-order valence-corrected chi connectivity index (χ3v) is 5.24. The minimum absolute atomic E-state index is 0.0320. The highest BCUT2D eigenvalue weighted by Crippen LogP contribution is 2.16. The third-order valence-electron chi connectivity index (χ3n) is 3.86. The molecule has 30 heavy (non-hydrogen) atoms. The van der Waals surface area contributed by atoms with Crippen molar-refractivity contribution in [3.8, 4) is 0 Å². The Hall–Kier alpha value is -2.42. The number of rotatable bonds is 9. The average Bonchev–Trinajstić information content (AvgIpc) is 2.65. The van der Waals surface area contributed by atoms with Gasteiger partial charge in [0.15, 0.2) is 0 Å². The summed E-state index contributed by atoms with van der Waals surface area (Å²) < 4.78 is 41.5. The van der Waals surface area contributed by atoms with E-state index in [4.69, 9.17) is 13.7 Å². The van der Waals surface area contributed by atoms with Crippen LogP contribution in [-0.2, 0) is 30.4 Å². The van der Waals surface area contributed by atoms with Gasteiger partial charge in [0.1, 0.15) is 11.7 Å². The fourth-order valence-electron chi connectivity index (χ4n) is 2.45. The molecule has 2 aromatic carbocycles. The number of carbonyl (C=O) groups excluding carboxylic acids is 1. The molecule has 0 radical (unpaired) electrons. The molecule has 0 aliphatic carbocycles. The molecule has 0 aromatic heterocycles. The smallest absolute Gasteiger partial charge is 0.407 e. The molecule has 164 valence electrons. The van der Waals surface area contributed by atoms with Crippen LogP contribution in [0.15, 0.2) is 59.5 Å². The Kier molecular flexibility index (Phi) is 8.40. The van der Waals surface area contributed by atoms with Crippen LogP contribution in [0.4, 0.5) is 4.79 Å². The fraction of sp³-hybridized carbons (Fsp3) is 0.409. The van der Waals surface area contributed by atoms with E-state index < -0.39 is 27.9 Å². The number of benzene rings is 2. The Morgan fingerprint density at radius 3 is 2.27 bits per heavy atom. The molecule has 2 aromatic rings. The topological polar surface area (TPSA) is 90.9 Å². The van der Waals surface area contributed by atoms with Crippen LogP contribution in [0.1, 0.15) is 31.9 Å². The van der Waals surface area contributed by atoms with Crippen molar-refractivity contribution in [2.75, 3.05) is 13.2 Å². The molecular weight excluding hydrogens is 406 g/mol. The minimum Gasteiger partial charge on any atom is -0.444 e. The Morgan fingerprint density at radius 2 is 1.67 bits per heavy atom. The molecule has 0 aliphatic rings. The SMILES string of the molecule is Cc1ccc(S(=O)(=O)OC(CNC(=O)OC(C)(C)C)COCc2ccccc2)cc1. The molecule has 0 bridgehead atoms. The van der Waals surface area contributed by atoms with E-state index in [0.717, 1.165) is 11.1 Å². The van der Waals surface area contributed by atoms with Gasteiger partial charge in [0.2, 0.25) is 0 Å². The van der Waals surface area contributed by atoms with Crippen LogP contribution in [-0.4, -0.2) is 39.4 Å². The van der Waals surface area contributed by atoms with Gasteiger partial charge >= 0.3 is 6.09 Å². The maximum atomic E-state index is 12.6. The fourth-order valence-corrected chi connectivity index (χ4v) is 3.52. The summed E-state index contributed by atoms with van der Waals surface area (Å²) in [6, 6.07) is 15.8. The molecular formula is C22H29NO6S. The van der Waals surface area contributed by atoms with E-state index in [1.807, 2.05) is 37.3 Å². The number of hydrogen-bond acceptors (Lipinski definition) is 6. The van der Waals surface area contributed by atoms with E-state index >= 15 is 0 Å². The number of amides is 1. The van der Waals surface area contributed by atoms with Crippen molar-refractivity contribution in [3.63, 3.8) is 0 Å². The molecule has 1 amide bonds. The maximum absolute atomic E-state index is 12.6. The summed E-state index contributed by atoms with van der Waals surface area (Å²) in [5.74, 6) is 0. The second-order valence-corrected chi connectivity index (χ2v) is 9.44. The highest BCUT2D eigenvalue weighted by molar-refractivity contribution is 7.86. The third kappa shape index (κ3) is 8.52. The van der Waals surface area contributed by atoms with Crippen LogP contribution in [0, 0.1) is 6.92 Å². The van der Waals surface area contributed by atoms with Gasteiger partial charge in [0.25, 0.3) is 10.1 Å². The van der Waals surface area contributed by atoms with Crippen molar-refractivity contribution in [1.82, 2.24) is 5.32 Å². The zero-order chi connectivity index (χ0) is 22.2. The summed E-state index contributed by atoms with van der Waals surface area (Å²) in [5.41, 5.74) is 1.21. The monoisotopic (exact) mass is 435 g/mol. The largest absolute Gasteiger partial charge is 0.444 e. The number of carbonyl (C=O) groups is 1. The lowest BCUT2D eigenvalue weighted by Gasteiger charge is -2.22. The molecule has 7 nitrogen and oxygen atoms in total. The summed E-state index contributed by atoms with van der Waals surface area (Å²) in [7, 11) is -4.03. The first-order chi connectivity index (χ1) is 14.0. The maximum Gasteiger partial charge on any atom is 0.407 e. The minimum atomic E-state index is -4.03. The highest BCUT2D eigenvalue weighted by Gasteiger charge is 2.24. The summed E-state index contributed by atoms with van der Waals surface area (Å²) in [6.07, 6.45) is -1.58. The van der Waals surface area contributed by atoms with Crippen LogP contribution in [0.5, 0.6) is 0 Å². The Balaban J connectivity index is 2.03. The zero-order valence-corrected chi connectivity index (χ0v) is 18.6. The zero-order valence-electron chi connectivity index (χ0n) is 17.8. The lowest BCUT2D eigenvalue weighted by atomic mass is 10.2. The summed E-state index contributed by atoms with van der Waals surface area (Å²) in [4.78, 5) is 12.0. The Bertz CT molecular complexity index is 905. The van der Waals surface area contributed by atoms with Gasteiger partial charge in [-0.25, -0.2) is 4.79 Å². The highest BCUT2D eigenvalue weighted by atomic mass is 32.2. The lowest BCUT2D eigenvalue weighted by Crippen LogP contribution is -2.40. The number of ether oxygens (including phenoxy) is 2. The molecule has 2 rings (SSSR count). The predicted molar refractivity (Wildman–Crippen MR) is 114 cm³/mol. The second-order valence-electron chi connectivity index (χ2n) is 7.87. The first kappa shape index (κ1) is 23.9. The van der Waals surface area contributed by atoms with Crippen LogP contribution in [0.3, 0.4) is 0 Å². The molecule has 0 heterocycles.